The minimum absolute atomic E-state index is 0.0727. The van der Waals surface area contributed by atoms with Crippen LogP contribution in [-0.2, 0) is 14.3 Å². The van der Waals surface area contributed by atoms with Crippen LogP contribution in [0.5, 0.6) is 0 Å². The van der Waals surface area contributed by atoms with Crippen molar-refractivity contribution in [3.05, 3.63) is 41.6 Å². The van der Waals surface area contributed by atoms with E-state index in [9.17, 15) is 9.59 Å². The number of hydrogen-bond acceptors (Lipinski definition) is 3. The van der Waals surface area contributed by atoms with Gasteiger partial charge in [0.25, 0.3) is 0 Å². The Morgan fingerprint density at radius 3 is 2.70 bits per heavy atom. The van der Waals surface area contributed by atoms with Crippen molar-refractivity contribution in [2.45, 2.75) is 52.0 Å². The predicted molar refractivity (Wildman–Crippen MR) is 90.5 cm³/mol. The van der Waals surface area contributed by atoms with Gasteiger partial charge in [0.1, 0.15) is 0 Å². The number of carbonyl (C=O) groups is 2. The summed E-state index contributed by atoms with van der Waals surface area (Å²) >= 11 is 0. The van der Waals surface area contributed by atoms with Crippen molar-refractivity contribution >= 4 is 18.0 Å². The highest BCUT2D eigenvalue weighted by Crippen LogP contribution is 2.33. The van der Waals surface area contributed by atoms with E-state index in [-0.39, 0.29) is 24.3 Å². The summed E-state index contributed by atoms with van der Waals surface area (Å²) < 4.78 is 5.33. The van der Waals surface area contributed by atoms with Crippen molar-refractivity contribution in [1.29, 1.82) is 0 Å². The fourth-order valence-corrected chi connectivity index (χ4v) is 2.84. The van der Waals surface area contributed by atoms with E-state index in [0.29, 0.717) is 6.61 Å². The van der Waals surface area contributed by atoms with E-state index in [1.54, 1.807) is 11.1 Å². The summed E-state index contributed by atoms with van der Waals surface area (Å²) in [5.41, 5.74) is 2.04. The minimum atomic E-state index is -0.281. The van der Waals surface area contributed by atoms with Gasteiger partial charge in [-0.1, -0.05) is 50.5 Å². The van der Waals surface area contributed by atoms with Gasteiger partial charge in [0.2, 0.25) is 5.91 Å². The van der Waals surface area contributed by atoms with Crippen LogP contribution in [-0.4, -0.2) is 23.4 Å². The molecule has 0 fully saturated rings. The molecule has 1 atom stereocenters. The van der Waals surface area contributed by atoms with Crippen LogP contribution < -0.4 is 0 Å². The number of amides is 1. The number of esters is 1. The quantitative estimate of drug-likeness (QED) is 0.563. The Hall–Kier alpha value is -2.10. The van der Waals surface area contributed by atoms with Gasteiger partial charge in [-0.2, -0.15) is 0 Å². The van der Waals surface area contributed by atoms with Gasteiger partial charge in [0, 0.05) is 13.1 Å². The molecule has 4 heteroatoms. The zero-order valence-corrected chi connectivity index (χ0v) is 14.0. The SMILES string of the molecule is CCCCCCOC(=O)CC1c2ccccc2C=CN1C(C)=O. The van der Waals surface area contributed by atoms with E-state index in [2.05, 4.69) is 6.92 Å². The van der Waals surface area contributed by atoms with Gasteiger partial charge in [-0.05, 0) is 23.6 Å². The fraction of sp³-hybridized carbons (Fsp3) is 0.474. The molecule has 0 N–H and O–H groups in total. The summed E-state index contributed by atoms with van der Waals surface area (Å²) in [5, 5.41) is 0. The van der Waals surface area contributed by atoms with Crippen LogP contribution in [0.25, 0.3) is 6.08 Å². The maximum Gasteiger partial charge on any atom is 0.308 e. The molecule has 23 heavy (non-hydrogen) atoms. The lowest BCUT2D eigenvalue weighted by atomic mass is 9.94. The Balaban J connectivity index is 1.99. The van der Waals surface area contributed by atoms with Crippen LogP contribution in [0.3, 0.4) is 0 Å². The lowest BCUT2D eigenvalue weighted by Gasteiger charge is -2.32. The first kappa shape index (κ1) is 17.3. The number of ether oxygens (including phenoxy) is 1. The average molecular weight is 315 g/mol. The molecule has 1 heterocycles. The van der Waals surface area contributed by atoms with E-state index in [0.717, 1.165) is 36.8 Å². The number of unbranched alkanes of at least 4 members (excludes halogenated alkanes) is 3. The van der Waals surface area contributed by atoms with Crippen LogP contribution in [0.15, 0.2) is 30.5 Å². The molecule has 1 amide bonds. The molecule has 2 rings (SSSR count). The molecule has 4 nitrogen and oxygen atoms in total. The molecule has 1 unspecified atom stereocenters. The summed E-state index contributed by atoms with van der Waals surface area (Å²) in [5.74, 6) is -0.320. The number of hydrogen-bond donors (Lipinski definition) is 0. The molecule has 0 radical (unpaired) electrons. The smallest absolute Gasteiger partial charge is 0.308 e. The zero-order chi connectivity index (χ0) is 16.7. The van der Waals surface area contributed by atoms with Crippen LogP contribution in [0.2, 0.25) is 0 Å². The zero-order valence-electron chi connectivity index (χ0n) is 14.0. The first-order valence-corrected chi connectivity index (χ1v) is 8.35. The molecule has 1 aromatic carbocycles. The highest BCUT2D eigenvalue weighted by atomic mass is 16.5. The van der Waals surface area contributed by atoms with Crippen LogP contribution in [0.4, 0.5) is 0 Å². The maximum atomic E-state index is 12.1. The van der Waals surface area contributed by atoms with E-state index < -0.39 is 0 Å². The Kier molecular flexibility index (Phi) is 6.39. The van der Waals surface area contributed by atoms with Gasteiger partial charge < -0.3 is 9.64 Å². The van der Waals surface area contributed by atoms with Crippen molar-refractivity contribution in [2.75, 3.05) is 6.61 Å². The first-order valence-electron chi connectivity index (χ1n) is 8.35. The fourth-order valence-electron chi connectivity index (χ4n) is 2.84. The second kappa shape index (κ2) is 8.51. The third-order valence-corrected chi connectivity index (χ3v) is 4.09. The van der Waals surface area contributed by atoms with Gasteiger partial charge in [-0.3, -0.25) is 9.59 Å². The Labute approximate surface area is 138 Å². The van der Waals surface area contributed by atoms with Crippen LogP contribution in [0.1, 0.15) is 63.1 Å². The molecule has 1 aliphatic rings. The summed E-state index contributed by atoms with van der Waals surface area (Å²) in [6, 6.07) is 7.56. The third kappa shape index (κ3) is 4.68. The molecular weight excluding hydrogens is 290 g/mol. The van der Waals surface area contributed by atoms with E-state index >= 15 is 0 Å². The van der Waals surface area contributed by atoms with E-state index in [1.807, 2.05) is 30.3 Å². The van der Waals surface area contributed by atoms with Crippen LogP contribution in [0, 0.1) is 0 Å². The molecule has 0 bridgehead atoms. The Morgan fingerprint density at radius 1 is 1.17 bits per heavy atom. The maximum absolute atomic E-state index is 12.1. The number of benzene rings is 1. The summed E-state index contributed by atoms with van der Waals surface area (Å²) in [4.78, 5) is 25.6. The second-order valence-corrected chi connectivity index (χ2v) is 5.87. The van der Waals surface area contributed by atoms with Gasteiger partial charge in [0.15, 0.2) is 0 Å². The van der Waals surface area contributed by atoms with Crippen molar-refractivity contribution in [2.24, 2.45) is 0 Å². The molecule has 1 aromatic rings. The Bertz CT molecular complexity index is 580. The highest BCUT2D eigenvalue weighted by Gasteiger charge is 2.28. The highest BCUT2D eigenvalue weighted by molar-refractivity contribution is 5.80. The van der Waals surface area contributed by atoms with Crippen molar-refractivity contribution < 1.29 is 14.3 Å². The molecule has 0 spiro atoms. The van der Waals surface area contributed by atoms with Crippen molar-refractivity contribution in [1.82, 2.24) is 4.90 Å². The normalized spacial score (nSPS) is 16.1. The monoisotopic (exact) mass is 315 g/mol. The molecule has 0 saturated carbocycles. The summed E-state index contributed by atoms with van der Waals surface area (Å²) in [7, 11) is 0. The lowest BCUT2D eigenvalue weighted by Crippen LogP contribution is -2.32. The predicted octanol–water partition coefficient (Wildman–Crippen LogP) is 4.07. The first-order chi connectivity index (χ1) is 11.1. The van der Waals surface area contributed by atoms with Gasteiger partial charge in [0.05, 0.1) is 19.1 Å². The van der Waals surface area contributed by atoms with Crippen molar-refractivity contribution in [3.63, 3.8) is 0 Å². The number of rotatable bonds is 7. The van der Waals surface area contributed by atoms with E-state index in [4.69, 9.17) is 4.74 Å². The summed E-state index contributed by atoms with van der Waals surface area (Å²) in [6.07, 6.45) is 8.15. The van der Waals surface area contributed by atoms with Gasteiger partial charge in [-0.25, -0.2) is 0 Å². The molecule has 0 saturated heterocycles. The number of fused-ring (bicyclic) bond motifs is 1. The lowest BCUT2D eigenvalue weighted by molar-refractivity contribution is -0.145. The summed E-state index contributed by atoms with van der Waals surface area (Å²) in [6.45, 7) is 4.13. The topological polar surface area (TPSA) is 46.6 Å². The molecule has 124 valence electrons. The van der Waals surface area contributed by atoms with Crippen LogP contribution >= 0.6 is 0 Å². The third-order valence-electron chi connectivity index (χ3n) is 4.09. The second-order valence-electron chi connectivity index (χ2n) is 5.87. The standard InChI is InChI=1S/C19H25NO3/c1-3-4-5-8-13-23-19(22)14-18-17-10-7-6-9-16(17)11-12-20(18)15(2)21/h6-7,9-12,18H,3-5,8,13-14H2,1-2H3. The number of nitrogens with zero attached hydrogens (tertiary/aromatic N) is 1. The molecule has 0 aromatic heterocycles. The van der Waals surface area contributed by atoms with E-state index in [1.165, 1.54) is 6.92 Å². The minimum Gasteiger partial charge on any atom is -0.466 e. The molecule has 1 aliphatic heterocycles. The average Bonchev–Trinajstić information content (AvgIpc) is 2.54. The number of carbonyl (C=O) groups excluding carboxylic acids is 2. The Morgan fingerprint density at radius 2 is 1.96 bits per heavy atom. The van der Waals surface area contributed by atoms with Crippen molar-refractivity contribution in [3.8, 4) is 0 Å². The van der Waals surface area contributed by atoms with Gasteiger partial charge in [-0.15, -0.1) is 0 Å². The van der Waals surface area contributed by atoms with Gasteiger partial charge >= 0.3 is 5.97 Å². The molecule has 0 aliphatic carbocycles. The largest absolute Gasteiger partial charge is 0.466 e. The molecular formula is C19H25NO3.